The van der Waals surface area contributed by atoms with Gasteiger partial charge >= 0.3 is 5.97 Å². The second-order valence-corrected chi connectivity index (χ2v) is 8.59. The third-order valence-corrected chi connectivity index (χ3v) is 6.36. The second kappa shape index (κ2) is 16.0. The average molecular weight is 470 g/mol. The topological polar surface area (TPSA) is 66.8 Å². The second-order valence-electron chi connectivity index (χ2n) is 8.59. The number of esters is 1. The molecule has 188 valence electrons. The Balaban J connectivity index is 0.000000317. The van der Waals surface area contributed by atoms with Gasteiger partial charge in [0.25, 0.3) is 0 Å². The summed E-state index contributed by atoms with van der Waals surface area (Å²) in [5.41, 5.74) is 1.81. The van der Waals surface area contributed by atoms with Gasteiger partial charge in [0.2, 0.25) is 6.41 Å². The lowest BCUT2D eigenvalue weighted by Crippen LogP contribution is -2.48. The number of benzene rings is 1. The number of ether oxygens (including phenoxy) is 1. The summed E-state index contributed by atoms with van der Waals surface area (Å²) >= 11 is 0. The molecule has 0 bridgehead atoms. The molecule has 1 aliphatic heterocycles. The van der Waals surface area contributed by atoms with Crippen molar-refractivity contribution in [1.82, 2.24) is 4.90 Å². The Kier molecular flexibility index (Phi) is 13.9. The zero-order valence-electron chi connectivity index (χ0n) is 21.4. The Morgan fingerprint density at radius 2 is 1.88 bits per heavy atom. The fraction of sp³-hybridized carbons (Fsp3) is 0.517. The molecule has 5 heteroatoms. The Labute approximate surface area is 206 Å². The molecule has 0 radical (unpaired) electrons. The number of morpholine rings is 1. The first-order valence-electron chi connectivity index (χ1n) is 12.5. The highest BCUT2D eigenvalue weighted by atomic mass is 16.5. The molecule has 1 saturated carbocycles. The van der Waals surface area contributed by atoms with E-state index in [1.807, 2.05) is 63.3 Å². The van der Waals surface area contributed by atoms with Crippen molar-refractivity contribution in [2.75, 3.05) is 13.2 Å². The molecule has 0 aromatic heterocycles. The Hall–Kier alpha value is -2.66. The molecule has 3 rings (SSSR count). The van der Waals surface area contributed by atoms with E-state index in [-0.39, 0.29) is 31.1 Å². The summed E-state index contributed by atoms with van der Waals surface area (Å²) in [7, 11) is 0. The summed E-state index contributed by atoms with van der Waals surface area (Å²) < 4.78 is 4.96. The van der Waals surface area contributed by atoms with E-state index in [4.69, 9.17) is 4.74 Å². The van der Waals surface area contributed by atoms with Gasteiger partial charge in [-0.1, -0.05) is 101 Å². The Morgan fingerprint density at radius 3 is 2.44 bits per heavy atom. The van der Waals surface area contributed by atoms with E-state index < -0.39 is 5.60 Å². The van der Waals surface area contributed by atoms with Crippen LogP contribution in [0.25, 0.3) is 0 Å². The number of aliphatic hydroxyl groups is 1. The van der Waals surface area contributed by atoms with E-state index in [9.17, 15) is 14.7 Å². The fourth-order valence-corrected chi connectivity index (χ4v) is 4.37. The van der Waals surface area contributed by atoms with Crippen LogP contribution in [0.1, 0.15) is 65.4 Å². The number of allylic oxidation sites excluding steroid dienone is 4. The summed E-state index contributed by atoms with van der Waals surface area (Å²) in [6, 6.07) is 9.81. The molecule has 5 nitrogen and oxygen atoms in total. The van der Waals surface area contributed by atoms with E-state index in [1.54, 1.807) is 6.08 Å². The van der Waals surface area contributed by atoms with Gasteiger partial charge in [0.05, 0.1) is 11.6 Å². The van der Waals surface area contributed by atoms with Gasteiger partial charge in [-0.25, -0.2) is 0 Å². The van der Waals surface area contributed by atoms with Crippen molar-refractivity contribution >= 4 is 12.4 Å². The normalized spacial score (nSPS) is 20.7. The average Bonchev–Trinajstić information content (AvgIpc) is 2.87. The van der Waals surface area contributed by atoms with E-state index in [0.717, 1.165) is 31.2 Å². The van der Waals surface area contributed by atoms with Crippen molar-refractivity contribution in [2.45, 2.75) is 77.9 Å². The van der Waals surface area contributed by atoms with Crippen LogP contribution in [-0.4, -0.2) is 47.2 Å². The smallest absolute Gasteiger partial charge is 0.325 e. The van der Waals surface area contributed by atoms with Crippen LogP contribution in [0.4, 0.5) is 0 Å². The van der Waals surface area contributed by atoms with Gasteiger partial charge in [0.1, 0.15) is 13.2 Å². The van der Waals surface area contributed by atoms with Crippen molar-refractivity contribution < 1.29 is 19.4 Å². The minimum Gasteiger partial charge on any atom is -0.462 e. The first kappa shape index (κ1) is 29.4. The lowest BCUT2D eigenvalue weighted by molar-refractivity contribution is -0.157. The minimum absolute atomic E-state index is 0.0439. The van der Waals surface area contributed by atoms with Crippen LogP contribution in [0.15, 0.2) is 66.8 Å². The molecule has 34 heavy (non-hydrogen) atoms. The summed E-state index contributed by atoms with van der Waals surface area (Å²) in [6.45, 7) is 12.2. The summed E-state index contributed by atoms with van der Waals surface area (Å²) in [5, 5.41) is 10.7. The SMILES string of the molecule is C=C/C=C(\C=C/C)C(C)C1(O)CCCCC1.CC.O=CN1CC(=O)OCC1Cc1ccccc1. The van der Waals surface area contributed by atoms with Crippen molar-refractivity contribution in [3.8, 4) is 0 Å². The van der Waals surface area contributed by atoms with Crippen LogP contribution < -0.4 is 0 Å². The zero-order chi connectivity index (χ0) is 25.4. The maximum Gasteiger partial charge on any atom is 0.325 e. The van der Waals surface area contributed by atoms with Crippen LogP contribution >= 0.6 is 0 Å². The van der Waals surface area contributed by atoms with Crippen molar-refractivity contribution in [1.29, 1.82) is 0 Å². The molecule has 1 N–H and O–H groups in total. The number of nitrogens with zero attached hydrogens (tertiary/aromatic N) is 1. The Bertz CT molecular complexity index is 794. The van der Waals surface area contributed by atoms with Crippen LogP contribution in [0.3, 0.4) is 0 Å². The van der Waals surface area contributed by atoms with Gasteiger partial charge in [-0.3, -0.25) is 9.59 Å². The van der Waals surface area contributed by atoms with Gasteiger partial charge in [-0.05, 0) is 37.3 Å². The number of carbonyl (C=O) groups is 2. The van der Waals surface area contributed by atoms with Crippen molar-refractivity contribution in [3.63, 3.8) is 0 Å². The maximum absolute atomic E-state index is 11.0. The first-order chi connectivity index (χ1) is 16.4. The first-order valence-corrected chi connectivity index (χ1v) is 12.5. The molecular weight excluding hydrogens is 426 g/mol. The molecule has 1 saturated heterocycles. The number of cyclic esters (lactones) is 1. The minimum atomic E-state index is -0.507. The number of hydrogen-bond acceptors (Lipinski definition) is 4. The zero-order valence-corrected chi connectivity index (χ0v) is 21.4. The van der Waals surface area contributed by atoms with E-state index >= 15 is 0 Å². The molecule has 2 atom stereocenters. The number of carbonyl (C=O) groups excluding carboxylic acids is 2. The Morgan fingerprint density at radius 1 is 1.24 bits per heavy atom. The summed E-state index contributed by atoms with van der Waals surface area (Å²) in [5.74, 6) is -0.140. The summed E-state index contributed by atoms with van der Waals surface area (Å²) in [4.78, 5) is 23.3. The van der Waals surface area contributed by atoms with Crippen molar-refractivity contribution in [3.05, 3.63) is 72.4 Å². The molecule has 2 aliphatic rings. The van der Waals surface area contributed by atoms with Gasteiger partial charge in [0.15, 0.2) is 0 Å². The molecule has 2 fully saturated rings. The van der Waals surface area contributed by atoms with E-state index in [2.05, 4.69) is 19.6 Å². The van der Waals surface area contributed by atoms with Crippen LogP contribution in [0.5, 0.6) is 0 Å². The highest BCUT2D eigenvalue weighted by molar-refractivity contribution is 5.75. The fourth-order valence-electron chi connectivity index (χ4n) is 4.37. The molecule has 1 aliphatic carbocycles. The number of amides is 1. The number of rotatable bonds is 7. The van der Waals surface area contributed by atoms with Gasteiger partial charge in [0, 0.05) is 5.92 Å². The third-order valence-electron chi connectivity index (χ3n) is 6.36. The monoisotopic (exact) mass is 469 g/mol. The molecule has 1 aromatic carbocycles. The summed E-state index contributed by atoms with van der Waals surface area (Å²) in [6.07, 6.45) is 14.8. The lowest BCUT2D eigenvalue weighted by Gasteiger charge is -2.38. The highest BCUT2D eigenvalue weighted by Crippen LogP contribution is 2.38. The quantitative estimate of drug-likeness (QED) is 0.319. The largest absolute Gasteiger partial charge is 0.462 e. The number of hydrogen-bond donors (Lipinski definition) is 1. The van der Waals surface area contributed by atoms with Gasteiger partial charge in [-0.2, -0.15) is 0 Å². The lowest BCUT2D eigenvalue weighted by atomic mass is 9.73. The predicted molar refractivity (Wildman–Crippen MR) is 139 cm³/mol. The molecular formula is C29H43NO4. The molecule has 0 spiro atoms. The van der Waals surface area contributed by atoms with E-state index in [1.165, 1.54) is 16.9 Å². The highest BCUT2D eigenvalue weighted by Gasteiger charge is 2.36. The van der Waals surface area contributed by atoms with E-state index in [0.29, 0.717) is 12.8 Å². The molecule has 2 unspecified atom stereocenters. The standard InChI is InChI=1S/C15H24O.C12H13NO3.C2H6/c1-4-9-14(10-5-2)13(3)15(16)11-7-6-8-12-15;14-9-13-7-12(15)16-8-11(13)6-10-4-2-1-3-5-10;1-2/h4-5,9-10,13,16H,1,6-8,11-12H2,2-3H3;1-5,9,11H,6-8H2;1-2H3/b10-5-,14-9+;;. The molecule has 1 aromatic rings. The predicted octanol–water partition coefficient (Wildman–Crippen LogP) is 5.65. The van der Waals surface area contributed by atoms with Crippen LogP contribution in [-0.2, 0) is 20.7 Å². The molecule has 1 amide bonds. The van der Waals surface area contributed by atoms with Gasteiger partial charge in [-0.15, -0.1) is 0 Å². The van der Waals surface area contributed by atoms with Crippen LogP contribution in [0.2, 0.25) is 0 Å². The maximum atomic E-state index is 11.0. The van der Waals surface area contributed by atoms with Crippen molar-refractivity contribution in [2.24, 2.45) is 5.92 Å². The third kappa shape index (κ3) is 9.30. The molecule has 1 heterocycles. The van der Waals surface area contributed by atoms with Crippen LogP contribution in [0, 0.1) is 5.92 Å². The van der Waals surface area contributed by atoms with Gasteiger partial charge < -0.3 is 14.7 Å².